The van der Waals surface area contributed by atoms with Gasteiger partial charge in [-0.3, -0.25) is 4.90 Å². The summed E-state index contributed by atoms with van der Waals surface area (Å²) >= 11 is 0. The first-order chi connectivity index (χ1) is 7.59. The molecule has 0 aromatic rings. The van der Waals surface area contributed by atoms with Gasteiger partial charge in [0, 0.05) is 24.7 Å². The molecule has 1 aliphatic carbocycles. The topological polar surface area (TPSA) is 32.5 Å². The normalized spacial score (nSPS) is 30.4. The van der Waals surface area contributed by atoms with Crippen molar-refractivity contribution in [1.82, 2.24) is 9.80 Å². The van der Waals surface area contributed by atoms with Gasteiger partial charge in [0.1, 0.15) is 0 Å². The summed E-state index contributed by atoms with van der Waals surface area (Å²) < 4.78 is 0. The van der Waals surface area contributed by atoms with Crippen molar-refractivity contribution in [1.29, 1.82) is 0 Å². The van der Waals surface area contributed by atoms with Crippen LogP contribution in [0.2, 0.25) is 0 Å². The monoisotopic (exact) mass is 225 g/mol. The molecule has 1 saturated carbocycles. The second kappa shape index (κ2) is 5.03. The number of likely N-dealkylation sites (N-methyl/N-ethyl adjacent to an activating group) is 1. The number of hydrogen-bond acceptors (Lipinski definition) is 3. The summed E-state index contributed by atoms with van der Waals surface area (Å²) in [5.41, 5.74) is 6.61. The molecule has 1 saturated heterocycles. The standard InChI is InChI=1S/C13H27N3/c1-15(2)10-12-6-5-9-16(12)11-13(14)7-3-4-8-13/h12H,3-11,14H2,1-2H3. The van der Waals surface area contributed by atoms with E-state index < -0.39 is 0 Å². The van der Waals surface area contributed by atoms with Crippen molar-refractivity contribution in [2.45, 2.75) is 50.1 Å². The third-order valence-electron chi connectivity index (χ3n) is 4.19. The Kier molecular flexibility index (Phi) is 3.88. The van der Waals surface area contributed by atoms with Crippen LogP contribution in [0.25, 0.3) is 0 Å². The van der Waals surface area contributed by atoms with E-state index in [1.54, 1.807) is 0 Å². The molecule has 0 aromatic carbocycles. The number of nitrogens with two attached hydrogens (primary N) is 1. The van der Waals surface area contributed by atoms with Crippen LogP contribution < -0.4 is 5.73 Å². The van der Waals surface area contributed by atoms with Crippen molar-refractivity contribution in [2.75, 3.05) is 33.7 Å². The lowest BCUT2D eigenvalue weighted by molar-refractivity contribution is 0.167. The molecule has 0 radical (unpaired) electrons. The maximum absolute atomic E-state index is 6.48. The number of rotatable bonds is 4. The molecule has 0 spiro atoms. The zero-order valence-electron chi connectivity index (χ0n) is 10.9. The van der Waals surface area contributed by atoms with Crippen LogP contribution in [0.15, 0.2) is 0 Å². The zero-order valence-corrected chi connectivity index (χ0v) is 10.9. The van der Waals surface area contributed by atoms with Crippen LogP contribution in [0.5, 0.6) is 0 Å². The van der Waals surface area contributed by atoms with Gasteiger partial charge in [-0.05, 0) is 46.3 Å². The van der Waals surface area contributed by atoms with E-state index in [0.717, 1.165) is 12.6 Å². The van der Waals surface area contributed by atoms with Gasteiger partial charge in [-0.15, -0.1) is 0 Å². The molecule has 16 heavy (non-hydrogen) atoms. The van der Waals surface area contributed by atoms with Crippen molar-refractivity contribution in [2.24, 2.45) is 5.73 Å². The molecular formula is C13H27N3. The predicted molar refractivity (Wildman–Crippen MR) is 68.5 cm³/mol. The van der Waals surface area contributed by atoms with Gasteiger partial charge in [0.15, 0.2) is 0 Å². The lowest BCUT2D eigenvalue weighted by Gasteiger charge is -2.34. The van der Waals surface area contributed by atoms with Gasteiger partial charge in [-0.1, -0.05) is 12.8 Å². The third-order valence-corrected chi connectivity index (χ3v) is 4.19. The van der Waals surface area contributed by atoms with Crippen LogP contribution in [-0.4, -0.2) is 55.1 Å². The number of likely N-dealkylation sites (tertiary alicyclic amines) is 1. The van der Waals surface area contributed by atoms with Crippen LogP contribution >= 0.6 is 0 Å². The summed E-state index contributed by atoms with van der Waals surface area (Å²) in [5, 5.41) is 0. The fraction of sp³-hybridized carbons (Fsp3) is 1.00. The quantitative estimate of drug-likeness (QED) is 0.782. The molecule has 3 heteroatoms. The van der Waals surface area contributed by atoms with E-state index in [9.17, 15) is 0 Å². The number of hydrogen-bond donors (Lipinski definition) is 1. The van der Waals surface area contributed by atoms with Gasteiger partial charge in [0.2, 0.25) is 0 Å². The van der Waals surface area contributed by atoms with Crippen LogP contribution in [0.3, 0.4) is 0 Å². The molecule has 2 rings (SSSR count). The van der Waals surface area contributed by atoms with E-state index in [0.29, 0.717) is 0 Å². The Labute approximate surface area is 100.0 Å². The summed E-state index contributed by atoms with van der Waals surface area (Å²) in [7, 11) is 4.34. The molecule has 2 aliphatic rings. The molecule has 94 valence electrons. The molecule has 2 N–H and O–H groups in total. The smallest absolute Gasteiger partial charge is 0.0283 e. The van der Waals surface area contributed by atoms with Crippen molar-refractivity contribution in [3.8, 4) is 0 Å². The zero-order chi connectivity index (χ0) is 11.6. The number of nitrogens with zero attached hydrogens (tertiary/aromatic N) is 2. The molecule has 1 unspecified atom stereocenters. The van der Waals surface area contributed by atoms with Crippen LogP contribution in [0, 0.1) is 0 Å². The lowest BCUT2D eigenvalue weighted by atomic mass is 9.98. The SMILES string of the molecule is CN(C)CC1CCCN1CC1(N)CCCC1. The van der Waals surface area contributed by atoms with E-state index >= 15 is 0 Å². The minimum Gasteiger partial charge on any atom is -0.324 e. The van der Waals surface area contributed by atoms with Crippen LogP contribution in [-0.2, 0) is 0 Å². The Morgan fingerprint density at radius 1 is 1.25 bits per heavy atom. The lowest BCUT2D eigenvalue weighted by Crippen LogP contribution is -2.51. The molecule has 2 fully saturated rings. The molecule has 1 aliphatic heterocycles. The van der Waals surface area contributed by atoms with Crippen LogP contribution in [0.1, 0.15) is 38.5 Å². The minimum atomic E-state index is 0.134. The molecule has 1 atom stereocenters. The second-order valence-electron chi connectivity index (χ2n) is 6.10. The average molecular weight is 225 g/mol. The van der Waals surface area contributed by atoms with Gasteiger partial charge in [0.05, 0.1) is 0 Å². The van der Waals surface area contributed by atoms with E-state index in [-0.39, 0.29) is 5.54 Å². The van der Waals surface area contributed by atoms with Gasteiger partial charge in [-0.25, -0.2) is 0 Å². The van der Waals surface area contributed by atoms with Crippen molar-refractivity contribution >= 4 is 0 Å². The Hall–Kier alpha value is -0.120. The summed E-state index contributed by atoms with van der Waals surface area (Å²) in [6.45, 7) is 3.58. The summed E-state index contributed by atoms with van der Waals surface area (Å²) in [4.78, 5) is 4.95. The summed E-state index contributed by atoms with van der Waals surface area (Å²) in [6.07, 6.45) is 7.85. The predicted octanol–water partition coefficient (Wildman–Crippen LogP) is 1.28. The van der Waals surface area contributed by atoms with E-state index in [1.165, 1.54) is 51.6 Å². The fourth-order valence-corrected chi connectivity index (χ4v) is 3.37. The van der Waals surface area contributed by atoms with Crippen molar-refractivity contribution in [3.63, 3.8) is 0 Å². The van der Waals surface area contributed by atoms with Crippen molar-refractivity contribution in [3.05, 3.63) is 0 Å². The molecule has 1 heterocycles. The van der Waals surface area contributed by atoms with Crippen molar-refractivity contribution < 1.29 is 0 Å². The first-order valence-corrected chi connectivity index (χ1v) is 6.77. The highest BCUT2D eigenvalue weighted by Gasteiger charge is 2.35. The molecular weight excluding hydrogens is 198 g/mol. The minimum absolute atomic E-state index is 0.134. The molecule has 0 bridgehead atoms. The maximum atomic E-state index is 6.48. The first-order valence-electron chi connectivity index (χ1n) is 6.77. The Bertz CT molecular complexity index is 221. The van der Waals surface area contributed by atoms with Gasteiger partial charge < -0.3 is 10.6 Å². The summed E-state index contributed by atoms with van der Waals surface area (Å²) in [6, 6.07) is 0.746. The van der Waals surface area contributed by atoms with Gasteiger partial charge in [-0.2, -0.15) is 0 Å². The van der Waals surface area contributed by atoms with Crippen LogP contribution in [0.4, 0.5) is 0 Å². The Morgan fingerprint density at radius 2 is 1.94 bits per heavy atom. The van der Waals surface area contributed by atoms with E-state index in [1.807, 2.05) is 0 Å². The largest absolute Gasteiger partial charge is 0.324 e. The maximum Gasteiger partial charge on any atom is 0.0283 e. The highest BCUT2D eigenvalue weighted by atomic mass is 15.2. The second-order valence-corrected chi connectivity index (χ2v) is 6.10. The third kappa shape index (κ3) is 2.96. The highest BCUT2D eigenvalue weighted by Crippen LogP contribution is 2.30. The molecule has 0 amide bonds. The van der Waals surface area contributed by atoms with E-state index in [2.05, 4.69) is 23.9 Å². The average Bonchev–Trinajstić information content (AvgIpc) is 2.77. The highest BCUT2D eigenvalue weighted by molar-refractivity contribution is 4.95. The summed E-state index contributed by atoms with van der Waals surface area (Å²) in [5.74, 6) is 0. The fourth-order valence-electron chi connectivity index (χ4n) is 3.37. The van der Waals surface area contributed by atoms with Gasteiger partial charge >= 0.3 is 0 Å². The Balaban J connectivity index is 1.87. The molecule has 0 aromatic heterocycles. The first kappa shape index (κ1) is 12.3. The van der Waals surface area contributed by atoms with Gasteiger partial charge in [0.25, 0.3) is 0 Å². The Morgan fingerprint density at radius 3 is 2.56 bits per heavy atom. The molecule has 3 nitrogen and oxygen atoms in total. The van der Waals surface area contributed by atoms with E-state index in [4.69, 9.17) is 5.73 Å².